The number of carbonyl (C=O) groups is 2. The molecule has 130 valence electrons. The quantitative estimate of drug-likeness (QED) is 0.886. The van der Waals surface area contributed by atoms with Crippen LogP contribution in [0.1, 0.15) is 24.5 Å². The maximum atomic E-state index is 12.6. The lowest BCUT2D eigenvalue weighted by molar-refractivity contribution is -0.127. The van der Waals surface area contributed by atoms with Crippen LogP contribution in [0.3, 0.4) is 0 Å². The maximum absolute atomic E-state index is 12.6. The highest BCUT2D eigenvalue weighted by Crippen LogP contribution is 2.23. The van der Waals surface area contributed by atoms with E-state index in [0.717, 1.165) is 25.9 Å². The minimum absolute atomic E-state index is 0.0386. The summed E-state index contributed by atoms with van der Waals surface area (Å²) in [4.78, 5) is 28.1. The standard InChI is InChI=1S/C18H25N3O3/c1-2-20-13-15-7-4-3-6-14(15)12-16(20)17(22)19-8-10-21-9-5-11-24-18(21)23/h3-4,6-7,16H,2,5,8-13H2,1H3,(H,19,22)/t16-/m1/s1. The van der Waals surface area contributed by atoms with Crippen LogP contribution < -0.4 is 5.32 Å². The van der Waals surface area contributed by atoms with Gasteiger partial charge in [0.25, 0.3) is 0 Å². The number of fused-ring (bicyclic) bond motifs is 1. The van der Waals surface area contributed by atoms with Crippen molar-refractivity contribution in [1.82, 2.24) is 15.1 Å². The van der Waals surface area contributed by atoms with E-state index in [9.17, 15) is 9.59 Å². The van der Waals surface area contributed by atoms with Gasteiger partial charge >= 0.3 is 6.09 Å². The van der Waals surface area contributed by atoms with Gasteiger partial charge in [0, 0.05) is 26.2 Å². The Kier molecular flexibility index (Phi) is 5.35. The number of cyclic esters (lactones) is 1. The monoisotopic (exact) mass is 331 g/mol. The maximum Gasteiger partial charge on any atom is 0.409 e. The minimum atomic E-state index is -0.280. The Hall–Kier alpha value is -2.08. The first-order valence-corrected chi connectivity index (χ1v) is 8.69. The Bertz CT molecular complexity index is 605. The molecule has 0 saturated carbocycles. The van der Waals surface area contributed by atoms with Crippen molar-refractivity contribution in [2.24, 2.45) is 0 Å². The minimum Gasteiger partial charge on any atom is -0.449 e. The van der Waals surface area contributed by atoms with E-state index in [4.69, 9.17) is 4.74 Å². The van der Waals surface area contributed by atoms with Crippen LogP contribution in [0, 0.1) is 0 Å². The lowest BCUT2D eigenvalue weighted by atomic mass is 9.93. The third-order valence-corrected chi connectivity index (χ3v) is 4.79. The van der Waals surface area contributed by atoms with Crippen molar-refractivity contribution in [3.63, 3.8) is 0 Å². The zero-order valence-electron chi connectivity index (χ0n) is 14.2. The van der Waals surface area contributed by atoms with Crippen molar-refractivity contribution in [3.05, 3.63) is 35.4 Å². The number of nitrogens with one attached hydrogen (secondary N) is 1. The van der Waals surface area contributed by atoms with Crippen molar-refractivity contribution < 1.29 is 14.3 Å². The van der Waals surface area contributed by atoms with Crippen LogP contribution in [0.5, 0.6) is 0 Å². The number of hydrogen-bond donors (Lipinski definition) is 1. The summed E-state index contributed by atoms with van der Waals surface area (Å²) in [5, 5.41) is 2.99. The lowest BCUT2D eigenvalue weighted by Crippen LogP contribution is -2.51. The third kappa shape index (κ3) is 3.70. The molecule has 1 saturated heterocycles. The van der Waals surface area contributed by atoms with Crippen molar-refractivity contribution in [1.29, 1.82) is 0 Å². The Morgan fingerprint density at radius 3 is 2.88 bits per heavy atom. The van der Waals surface area contributed by atoms with E-state index in [2.05, 4.69) is 29.3 Å². The summed E-state index contributed by atoms with van der Waals surface area (Å²) in [6.45, 7) is 5.89. The first-order valence-electron chi connectivity index (χ1n) is 8.69. The van der Waals surface area contributed by atoms with Gasteiger partial charge in [-0.05, 0) is 30.5 Å². The van der Waals surface area contributed by atoms with Gasteiger partial charge in [-0.2, -0.15) is 0 Å². The molecule has 1 aromatic carbocycles. The summed E-state index contributed by atoms with van der Waals surface area (Å²) in [5.41, 5.74) is 2.56. The zero-order chi connectivity index (χ0) is 16.9. The number of carbonyl (C=O) groups excluding carboxylic acids is 2. The van der Waals surface area contributed by atoms with E-state index in [1.165, 1.54) is 11.1 Å². The molecule has 1 atom stereocenters. The molecule has 3 rings (SSSR count). The third-order valence-electron chi connectivity index (χ3n) is 4.79. The molecule has 24 heavy (non-hydrogen) atoms. The lowest BCUT2D eigenvalue weighted by Gasteiger charge is -2.35. The van der Waals surface area contributed by atoms with E-state index in [1.54, 1.807) is 4.90 Å². The summed E-state index contributed by atoms with van der Waals surface area (Å²) in [7, 11) is 0. The van der Waals surface area contributed by atoms with Gasteiger partial charge in [0.2, 0.25) is 5.91 Å². The Morgan fingerprint density at radius 1 is 1.33 bits per heavy atom. The molecule has 6 heteroatoms. The van der Waals surface area contributed by atoms with Crippen LogP contribution in [0.25, 0.3) is 0 Å². The van der Waals surface area contributed by atoms with Crippen LogP contribution >= 0.6 is 0 Å². The average molecular weight is 331 g/mol. The molecule has 1 aromatic rings. The van der Waals surface area contributed by atoms with Crippen LogP contribution in [0.15, 0.2) is 24.3 Å². The van der Waals surface area contributed by atoms with Crippen LogP contribution in [0.4, 0.5) is 4.79 Å². The van der Waals surface area contributed by atoms with Gasteiger partial charge in [-0.3, -0.25) is 9.69 Å². The SMILES string of the molecule is CCN1Cc2ccccc2C[C@@H]1C(=O)NCCN1CCCOC1=O. The predicted molar refractivity (Wildman–Crippen MR) is 90.6 cm³/mol. The average Bonchev–Trinajstić information content (AvgIpc) is 2.62. The predicted octanol–water partition coefficient (Wildman–Crippen LogP) is 1.39. The number of amides is 2. The molecule has 0 spiro atoms. The van der Waals surface area contributed by atoms with Crippen LogP contribution in [-0.2, 0) is 22.5 Å². The molecular formula is C18H25N3O3. The van der Waals surface area contributed by atoms with Crippen LogP contribution in [0.2, 0.25) is 0 Å². The molecule has 2 amide bonds. The molecule has 2 aliphatic rings. The summed E-state index contributed by atoms with van der Waals surface area (Å²) in [5.74, 6) is 0.0386. The molecule has 1 fully saturated rings. The van der Waals surface area contributed by atoms with E-state index in [-0.39, 0.29) is 18.0 Å². The highest BCUT2D eigenvalue weighted by Gasteiger charge is 2.30. The number of likely N-dealkylation sites (N-methyl/N-ethyl adjacent to an activating group) is 1. The number of ether oxygens (including phenoxy) is 1. The normalized spacial score (nSPS) is 21.1. The summed E-state index contributed by atoms with van der Waals surface area (Å²) >= 11 is 0. The first-order chi connectivity index (χ1) is 11.7. The zero-order valence-corrected chi connectivity index (χ0v) is 14.2. The van der Waals surface area contributed by atoms with Crippen molar-refractivity contribution in [3.8, 4) is 0 Å². The Morgan fingerprint density at radius 2 is 2.12 bits per heavy atom. The largest absolute Gasteiger partial charge is 0.449 e. The van der Waals surface area contributed by atoms with E-state index in [0.29, 0.717) is 26.2 Å². The summed E-state index contributed by atoms with van der Waals surface area (Å²) in [6, 6.07) is 8.17. The fourth-order valence-electron chi connectivity index (χ4n) is 3.40. The Labute approximate surface area is 142 Å². The number of benzene rings is 1. The van der Waals surface area contributed by atoms with E-state index < -0.39 is 0 Å². The molecule has 6 nitrogen and oxygen atoms in total. The second-order valence-corrected chi connectivity index (χ2v) is 6.30. The van der Waals surface area contributed by atoms with E-state index in [1.807, 2.05) is 12.1 Å². The Balaban J connectivity index is 1.55. The van der Waals surface area contributed by atoms with Crippen LogP contribution in [-0.4, -0.2) is 60.6 Å². The molecule has 1 N–H and O–H groups in total. The van der Waals surface area contributed by atoms with Gasteiger partial charge in [-0.1, -0.05) is 31.2 Å². The summed E-state index contributed by atoms with van der Waals surface area (Å²) < 4.78 is 5.00. The molecular weight excluding hydrogens is 306 g/mol. The van der Waals surface area contributed by atoms with Gasteiger partial charge in [0.05, 0.1) is 12.6 Å². The van der Waals surface area contributed by atoms with Gasteiger partial charge < -0.3 is 15.0 Å². The van der Waals surface area contributed by atoms with Gasteiger partial charge in [0.1, 0.15) is 0 Å². The molecule has 0 aliphatic carbocycles. The van der Waals surface area contributed by atoms with Crippen molar-refractivity contribution in [2.75, 3.05) is 32.8 Å². The first kappa shape index (κ1) is 16.8. The molecule has 0 unspecified atom stereocenters. The molecule has 2 aliphatic heterocycles. The number of hydrogen-bond acceptors (Lipinski definition) is 4. The van der Waals surface area contributed by atoms with Gasteiger partial charge in [-0.25, -0.2) is 4.79 Å². The number of rotatable bonds is 5. The molecule has 0 aromatic heterocycles. The molecule has 2 heterocycles. The van der Waals surface area contributed by atoms with Gasteiger partial charge in [-0.15, -0.1) is 0 Å². The number of nitrogens with zero attached hydrogens (tertiary/aromatic N) is 2. The van der Waals surface area contributed by atoms with Gasteiger partial charge in [0.15, 0.2) is 0 Å². The molecule has 0 bridgehead atoms. The highest BCUT2D eigenvalue weighted by molar-refractivity contribution is 5.82. The topological polar surface area (TPSA) is 61.9 Å². The highest BCUT2D eigenvalue weighted by atomic mass is 16.6. The fraction of sp³-hybridized carbons (Fsp3) is 0.556. The second-order valence-electron chi connectivity index (χ2n) is 6.30. The fourth-order valence-corrected chi connectivity index (χ4v) is 3.40. The smallest absolute Gasteiger partial charge is 0.409 e. The second kappa shape index (κ2) is 7.66. The summed E-state index contributed by atoms with van der Waals surface area (Å²) in [6.07, 6.45) is 1.31. The molecule has 0 radical (unpaired) electrons. The van der Waals surface area contributed by atoms with Crippen molar-refractivity contribution >= 4 is 12.0 Å². The van der Waals surface area contributed by atoms with E-state index >= 15 is 0 Å². The van der Waals surface area contributed by atoms with Crippen molar-refractivity contribution in [2.45, 2.75) is 32.4 Å².